The molecule has 0 radical (unpaired) electrons. The minimum absolute atomic E-state index is 0.457. The van der Waals surface area contributed by atoms with Crippen molar-refractivity contribution < 1.29 is 9.47 Å². The van der Waals surface area contributed by atoms with Crippen LogP contribution in [0.5, 0.6) is 11.5 Å². The molecule has 0 heterocycles. The summed E-state index contributed by atoms with van der Waals surface area (Å²) >= 11 is 0. The van der Waals surface area contributed by atoms with Crippen LogP contribution < -0.4 is 14.8 Å². The first kappa shape index (κ1) is 14.8. The van der Waals surface area contributed by atoms with Gasteiger partial charge in [0.2, 0.25) is 0 Å². The van der Waals surface area contributed by atoms with E-state index in [1.165, 1.54) is 18.4 Å². The molecule has 0 aliphatic rings. The Hall–Kier alpha value is -1.22. The number of hydrogen-bond donors (Lipinski definition) is 1. The van der Waals surface area contributed by atoms with E-state index >= 15 is 0 Å². The zero-order valence-corrected chi connectivity index (χ0v) is 12.0. The van der Waals surface area contributed by atoms with Gasteiger partial charge in [-0.15, -0.1) is 0 Å². The van der Waals surface area contributed by atoms with E-state index < -0.39 is 0 Å². The molecule has 1 aromatic carbocycles. The van der Waals surface area contributed by atoms with Gasteiger partial charge in [0.05, 0.1) is 14.2 Å². The van der Waals surface area contributed by atoms with Crippen molar-refractivity contribution >= 4 is 0 Å². The molecule has 0 aliphatic heterocycles. The summed E-state index contributed by atoms with van der Waals surface area (Å²) < 4.78 is 10.6. The maximum atomic E-state index is 5.41. The number of nitrogens with one attached hydrogen (secondary N) is 1. The van der Waals surface area contributed by atoms with Crippen molar-refractivity contribution in [3.63, 3.8) is 0 Å². The number of hydrogen-bond acceptors (Lipinski definition) is 3. The molecule has 1 N–H and O–H groups in total. The fraction of sp³-hybridized carbons (Fsp3) is 0.600. The monoisotopic (exact) mass is 251 g/mol. The zero-order chi connectivity index (χ0) is 13.4. The van der Waals surface area contributed by atoms with Gasteiger partial charge in [-0.2, -0.15) is 0 Å². The van der Waals surface area contributed by atoms with Crippen molar-refractivity contribution in [1.29, 1.82) is 0 Å². The predicted octanol–water partition coefficient (Wildman–Crippen LogP) is 3.02. The summed E-state index contributed by atoms with van der Waals surface area (Å²) in [4.78, 5) is 0. The summed E-state index contributed by atoms with van der Waals surface area (Å²) in [6.45, 7) is 5.49. The molecule has 0 spiro atoms. The van der Waals surface area contributed by atoms with Crippen LogP contribution in [-0.2, 0) is 6.42 Å². The Kier molecular flexibility index (Phi) is 6.58. The Labute approximate surface area is 110 Å². The first-order valence-corrected chi connectivity index (χ1v) is 6.65. The number of methoxy groups -OCH3 is 2. The van der Waals surface area contributed by atoms with Crippen LogP contribution in [0.4, 0.5) is 0 Å². The highest BCUT2D eigenvalue weighted by Gasteiger charge is 2.09. The van der Waals surface area contributed by atoms with Crippen molar-refractivity contribution in [3.05, 3.63) is 23.8 Å². The summed E-state index contributed by atoms with van der Waals surface area (Å²) in [5.41, 5.74) is 1.22. The van der Waals surface area contributed by atoms with Crippen molar-refractivity contribution in [1.82, 2.24) is 5.32 Å². The van der Waals surface area contributed by atoms with Gasteiger partial charge in [0, 0.05) is 12.1 Å². The third-order valence-electron chi connectivity index (χ3n) is 3.04. The lowest BCUT2D eigenvalue weighted by molar-refractivity contribution is 0.388. The molecule has 102 valence electrons. The third-order valence-corrected chi connectivity index (χ3v) is 3.04. The highest BCUT2D eigenvalue weighted by Crippen LogP contribution is 2.25. The molecule has 0 aliphatic carbocycles. The molecule has 0 saturated carbocycles. The molecule has 0 fully saturated rings. The second-order valence-corrected chi connectivity index (χ2v) is 4.59. The summed E-state index contributed by atoms with van der Waals surface area (Å²) in [5.74, 6) is 1.74. The SMILES string of the molecule is CCCCNC(C)Cc1ccc(OC)cc1OC. The van der Waals surface area contributed by atoms with Gasteiger partial charge in [-0.1, -0.05) is 19.4 Å². The van der Waals surface area contributed by atoms with Gasteiger partial charge in [0.25, 0.3) is 0 Å². The molecule has 0 aromatic heterocycles. The molecule has 3 heteroatoms. The number of unbranched alkanes of at least 4 members (excludes halogenated alkanes) is 1. The Morgan fingerprint density at radius 1 is 1.22 bits per heavy atom. The molecule has 0 saturated heterocycles. The Bertz CT molecular complexity index is 352. The first-order valence-electron chi connectivity index (χ1n) is 6.65. The Morgan fingerprint density at radius 2 is 2.00 bits per heavy atom. The second-order valence-electron chi connectivity index (χ2n) is 4.59. The van der Waals surface area contributed by atoms with E-state index in [-0.39, 0.29) is 0 Å². The van der Waals surface area contributed by atoms with Crippen LogP contribution in [-0.4, -0.2) is 26.8 Å². The van der Waals surface area contributed by atoms with Crippen LogP contribution >= 0.6 is 0 Å². The highest BCUT2D eigenvalue weighted by atomic mass is 16.5. The largest absolute Gasteiger partial charge is 0.497 e. The second kappa shape index (κ2) is 7.98. The fourth-order valence-electron chi connectivity index (χ4n) is 1.95. The van der Waals surface area contributed by atoms with Gasteiger partial charge in [-0.3, -0.25) is 0 Å². The summed E-state index contributed by atoms with van der Waals surface area (Å²) in [5, 5.41) is 3.53. The molecule has 18 heavy (non-hydrogen) atoms. The molecular formula is C15H25NO2. The standard InChI is InChI=1S/C15H25NO2/c1-5-6-9-16-12(2)10-13-7-8-14(17-3)11-15(13)18-4/h7-8,11-12,16H,5-6,9-10H2,1-4H3. The number of ether oxygens (including phenoxy) is 2. The van der Waals surface area contributed by atoms with Crippen LogP contribution in [0.15, 0.2) is 18.2 Å². The summed E-state index contributed by atoms with van der Waals surface area (Å²) in [6.07, 6.45) is 3.42. The van der Waals surface area contributed by atoms with Crippen LogP contribution in [0.25, 0.3) is 0 Å². The minimum atomic E-state index is 0.457. The van der Waals surface area contributed by atoms with E-state index in [4.69, 9.17) is 9.47 Å². The molecule has 1 rings (SSSR count). The van der Waals surface area contributed by atoms with E-state index in [1.807, 2.05) is 12.1 Å². The molecule has 1 aromatic rings. The van der Waals surface area contributed by atoms with Crippen LogP contribution in [0.3, 0.4) is 0 Å². The Balaban J connectivity index is 2.60. The normalized spacial score (nSPS) is 12.2. The zero-order valence-electron chi connectivity index (χ0n) is 12.0. The van der Waals surface area contributed by atoms with Crippen LogP contribution in [0.1, 0.15) is 32.3 Å². The van der Waals surface area contributed by atoms with Gasteiger partial charge in [-0.05, 0) is 37.9 Å². The molecule has 0 amide bonds. The van der Waals surface area contributed by atoms with E-state index in [0.29, 0.717) is 6.04 Å². The maximum Gasteiger partial charge on any atom is 0.125 e. The lowest BCUT2D eigenvalue weighted by Gasteiger charge is -2.16. The maximum absolute atomic E-state index is 5.41. The van der Waals surface area contributed by atoms with Gasteiger partial charge < -0.3 is 14.8 Å². The van der Waals surface area contributed by atoms with E-state index in [1.54, 1.807) is 14.2 Å². The quantitative estimate of drug-likeness (QED) is 0.720. The van der Waals surface area contributed by atoms with Crippen molar-refractivity contribution in [3.8, 4) is 11.5 Å². The summed E-state index contributed by atoms with van der Waals surface area (Å²) in [7, 11) is 3.37. The van der Waals surface area contributed by atoms with Crippen LogP contribution in [0, 0.1) is 0 Å². The fourth-order valence-corrected chi connectivity index (χ4v) is 1.95. The molecular weight excluding hydrogens is 226 g/mol. The van der Waals surface area contributed by atoms with Gasteiger partial charge in [-0.25, -0.2) is 0 Å². The average Bonchev–Trinajstić information content (AvgIpc) is 2.39. The molecule has 0 bridgehead atoms. The average molecular weight is 251 g/mol. The first-order chi connectivity index (χ1) is 8.71. The van der Waals surface area contributed by atoms with Crippen molar-refractivity contribution in [2.45, 2.75) is 39.2 Å². The highest BCUT2D eigenvalue weighted by molar-refractivity contribution is 5.41. The summed E-state index contributed by atoms with van der Waals surface area (Å²) in [6, 6.07) is 6.46. The lowest BCUT2D eigenvalue weighted by atomic mass is 10.1. The number of benzene rings is 1. The third kappa shape index (κ3) is 4.57. The van der Waals surface area contributed by atoms with Gasteiger partial charge in [0.1, 0.15) is 11.5 Å². The van der Waals surface area contributed by atoms with Crippen molar-refractivity contribution in [2.75, 3.05) is 20.8 Å². The van der Waals surface area contributed by atoms with Crippen molar-refractivity contribution in [2.24, 2.45) is 0 Å². The smallest absolute Gasteiger partial charge is 0.125 e. The van der Waals surface area contributed by atoms with Crippen LogP contribution in [0.2, 0.25) is 0 Å². The van der Waals surface area contributed by atoms with Gasteiger partial charge in [0.15, 0.2) is 0 Å². The molecule has 1 atom stereocenters. The predicted molar refractivity (Wildman–Crippen MR) is 75.6 cm³/mol. The van der Waals surface area contributed by atoms with E-state index in [2.05, 4.69) is 25.2 Å². The lowest BCUT2D eigenvalue weighted by Crippen LogP contribution is -2.29. The Morgan fingerprint density at radius 3 is 2.61 bits per heavy atom. The number of rotatable bonds is 8. The minimum Gasteiger partial charge on any atom is -0.497 e. The van der Waals surface area contributed by atoms with E-state index in [0.717, 1.165) is 24.5 Å². The van der Waals surface area contributed by atoms with Gasteiger partial charge >= 0.3 is 0 Å². The molecule has 3 nitrogen and oxygen atoms in total. The topological polar surface area (TPSA) is 30.5 Å². The molecule has 1 unspecified atom stereocenters. The van der Waals surface area contributed by atoms with E-state index in [9.17, 15) is 0 Å².